The summed E-state index contributed by atoms with van der Waals surface area (Å²) < 4.78 is 5.32. The maximum atomic E-state index is 13.8. The van der Waals surface area contributed by atoms with Crippen molar-refractivity contribution in [2.24, 2.45) is 5.41 Å². The second-order valence-corrected chi connectivity index (χ2v) is 10.9. The molecule has 3 aromatic carbocycles. The number of nitrogens with one attached hydrogen (secondary N) is 1. The van der Waals surface area contributed by atoms with Crippen LogP contribution in [0.1, 0.15) is 80.4 Å². The fraction of sp³-hybridized carbons (Fsp3) is 0.419. The lowest BCUT2D eigenvalue weighted by atomic mass is 9.83. The number of carbonyl (C=O) groups excluding carboxylic acids is 2. The molecule has 0 heterocycles. The van der Waals surface area contributed by atoms with E-state index in [1.54, 1.807) is 12.1 Å². The van der Waals surface area contributed by atoms with Crippen molar-refractivity contribution in [2.45, 2.75) is 73.3 Å². The van der Waals surface area contributed by atoms with Crippen LogP contribution < -0.4 is 10.2 Å². The second-order valence-electron chi connectivity index (χ2n) is 10.9. The molecule has 0 bridgehead atoms. The van der Waals surface area contributed by atoms with Crippen LogP contribution in [0.15, 0.2) is 54.6 Å². The molecule has 2 atom stereocenters. The van der Waals surface area contributed by atoms with Gasteiger partial charge in [-0.25, -0.2) is 5.01 Å². The zero-order chi connectivity index (χ0) is 26.6. The standard InChI is InChI=1S/C31H40N2O3/c1-9-10-28(31(5,6)7)33(30(35)26-16-20(2)15-21(3)17-26)32-29(34)22(4)23-11-12-25-19-27(36-8)14-13-24(25)18-23/h11-19,22,28H,9-10H2,1-8H3,(H,32,34)/t22-,28?/m0/s1. The van der Waals surface area contributed by atoms with Crippen molar-refractivity contribution < 1.29 is 14.3 Å². The summed E-state index contributed by atoms with van der Waals surface area (Å²) >= 11 is 0. The van der Waals surface area contributed by atoms with E-state index in [0.29, 0.717) is 5.56 Å². The molecule has 0 aliphatic heterocycles. The van der Waals surface area contributed by atoms with Crippen LogP contribution in [-0.4, -0.2) is 30.0 Å². The third-order valence-electron chi connectivity index (χ3n) is 6.76. The highest BCUT2D eigenvalue weighted by Gasteiger charge is 2.35. The van der Waals surface area contributed by atoms with Crippen LogP contribution in [0.4, 0.5) is 0 Å². The lowest BCUT2D eigenvalue weighted by Gasteiger charge is -2.40. The number of nitrogens with zero attached hydrogens (tertiary/aromatic N) is 1. The zero-order valence-corrected chi connectivity index (χ0v) is 22.9. The minimum Gasteiger partial charge on any atom is -0.497 e. The SMILES string of the molecule is CCCC(N(NC(=O)[C@@H](C)c1ccc2cc(OC)ccc2c1)C(=O)c1cc(C)cc(C)c1)C(C)(C)C. The van der Waals surface area contributed by atoms with Gasteiger partial charge >= 0.3 is 0 Å². The van der Waals surface area contributed by atoms with Gasteiger partial charge in [0.25, 0.3) is 5.91 Å². The summed E-state index contributed by atoms with van der Waals surface area (Å²) in [5, 5.41) is 3.67. The van der Waals surface area contributed by atoms with Crippen molar-refractivity contribution in [1.82, 2.24) is 10.4 Å². The molecule has 36 heavy (non-hydrogen) atoms. The number of amides is 2. The van der Waals surface area contributed by atoms with Crippen LogP contribution in [0.25, 0.3) is 10.8 Å². The average Bonchev–Trinajstić information content (AvgIpc) is 2.83. The van der Waals surface area contributed by atoms with Gasteiger partial charge in [-0.2, -0.15) is 0 Å². The van der Waals surface area contributed by atoms with Gasteiger partial charge in [-0.3, -0.25) is 15.0 Å². The molecule has 3 rings (SSSR count). The number of hydrogen-bond donors (Lipinski definition) is 1. The first-order valence-corrected chi connectivity index (χ1v) is 12.7. The molecule has 0 spiro atoms. The molecule has 5 nitrogen and oxygen atoms in total. The molecule has 0 fully saturated rings. The number of aryl methyl sites for hydroxylation is 2. The van der Waals surface area contributed by atoms with E-state index in [4.69, 9.17) is 4.74 Å². The topological polar surface area (TPSA) is 58.6 Å². The Bertz CT molecular complexity index is 1220. The van der Waals surface area contributed by atoms with Crippen molar-refractivity contribution >= 4 is 22.6 Å². The van der Waals surface area contributed by atoms with Crippen molar-refractivity contribution in [1.29, 1.82) is 0 Å². The molecule has 0 aliphatic carbocycles. The van der Waals surface area contributed by atoms with Crippen molar-refractivity contribution in [3.63, 3.8) is 0 Å². The van der Waals surface area contributed by atoms with E-state index in [1.807, 2.05) is 75.4 Å². The van der Waals surface area contributed by atoms with Crippen molar-refractivity contribution in [3.05, 3.63) is 76.9 Å². The molecular formula is C31H40N2O3. The van der Waals surface area contributed by atoms with Gasteiger partial charge in [0, 0.05) is 5.56 Å². The highest BCUT2D eigenvalue weighted by Crippen LogP contribution is 2.30. The van der Waals surface area contributed by atoms with Gasteiger partial charge in [0.05, 0.1) is 19.1 Å². The van der Waals surface area contributed by atoms with Crippen LogP contribution in [-0.2, 0) is 4.79 Å². The molecule has 0 aliphatic rings. The molecule has 2 amide bonds. The predicted octanol–water partition coefficient (Wildman–Crippen LogP) is 6.96. The number of hydrazine groups is 1. The Balaban J connectivity index is 1.95. The lowest BCUT2D eigenvalue weighted by molar-refractivity contribution is -0.128. The lowest BCUT2D eigenvalue weighted by Crippen LogP contribution is -2.56. The minimum absolute atomic E-state index is 0.156. The first kappa shape index (κ1) is 27.3. The number of methoxy groups -OCH3 is 1. The number of ether oxygens (including phenoxy) is 1. The van der Waals surface area contributed by atoms with Crippen LogP contribution in [0.2, 0.25) is 0 Å². The fourth-order valence-electron chi connectivity index (χ4n) is 4.74. The van der Waals surface area contributed by atoms with E-state index in [-0.39, 0.29) is 23.3 Å². The maximum Gasteiger partial charge on any atom is 0.272 e. The Hall–Kier alpha value is -3.34. The third kappa shape index (κ3) is 6.26. The number of fused-ring (bicyclic) bond motifs is 1. The molecule has 0 radical (unpaired) electrons. The average molecular weight is 489 g/mol. The van der Waals surface area contributed by atoms with Gasteiger partial charge in [-0.05, 0) is 73.2 Å². The summed E-state index contributed by atoms with van der Waals surface area (Å²) in [5.41, 5.74) is 6.34. The number of benzene rings is 3. The van der Waals surface area contributed by atoms with Crippen molar-refractivity contribution in [2.75, 3.05) is 7.11 Å². The van der Waals surface area contributed by atoms with Crippen LogP contribution >= 0.6 is 0 Å². The molecular weight excluding hydrogens is 448 g/mol. The van der Waals surface area contributed by atoms with E-state index >= 15 is 0 Å². The largest absolute Gasteiger partial charge is 0.497 e. The Labute approximate surface area is 215 Å². The van der Waals surface area contributed by atoms with E-state index in [0.717, 1.165) is 46.1 Å². The monoisotopic (exact) mass is 488 g/mol. The van der Waals surface area contributed by atoms with Gasteiger partial charge in [0.2, 0.25) is 5.91 Å². The van der Waals surface area contributed by atoms with Gasteiger partial charge < -0.3 is 4.74 Å². The summed E-state index contributed by atoms with van der Waals surface area (Å²) in [6.07, 6.45) is 1.69. The Morgan fingerprint density at radius 1 is 0.944 bits per heavy atom. The quantitative estimate of drug-likeness (QED) is 0.366. The third-order valence-corrected chi connectivity index (χ3v) is 6.76. The number of hydrogen-bond acceptors (Lipinski definition) is 3. The van der Waals surface area contributed by atoms with E-state index in [1.165, 1.54) is 0 Å². The predicted molar refractivity (Wildman–Crippen MR) is 147 cm³/mol. The maximum absolute atomic E-state index is 13.8. The van der Waals surface area contributed by atoms with Gasteiger partial charge in [0.15, 0.2) is 0 Å². The smallest absolute Gasteiger partial charge is 0.272 e. The Kier molecular flexibility index (Phi) is 8.44. The normalized spacial score (nSPS) is 13.2. The molecule has 192 valence electrons. The summed E-state index contributed by atoms with van der Waals surface area (Å²) in [6, 6.07) is 17.6. The van der Waals surface area contributed by atoms with Crippen molar-refractivity contribution in [3.8, 4) is 5.75 Å². The first-order chi connectivity index (χ1) is 16.9. The molecule has 1 unspecified atom stereocenters. The molecule has 1 N–H and O–H groups in total. The molecule has 0 saturated heterocycles. The number of rotatable bonds is 7. The fourth-order valence-corrected chi connectivity index (χ4v) is 4.74. The molecule has 3 aromatic rings. The molecule has 0 aromatic heterocycles. The molecule has 5 heteroatoms. The zero-order valence-electron chi connectivity index (χ0n) is 22.9. The second kappa shape index (κ2) is 11.2. The van der Waals surface area contributed by atoms with Gasteiger partial charge in [-0.15, -0.1) is 0 Å². The summed E-state index contributed by atoms with van der Waals surface area (Å²) in [4.78, 5) is 27.4. The first-order valence-electron chi connectivity index (χ1n) is 12.7. The summed E-state index contributed by atoms with van der Waals surface area (Å²) in [5.74, 6) is -0.0220. The minimum atomic E-state index is -0.437. The highest BCUT2D eigenvalue weighted by molar-refractivity contribution is 5.97. The molecule has 0 saturated carbocycles. The van der Waals surface area contributed by atoms with E-state index in [9.17, 15) is 9.59 Å². The van der Waals surface area contributed by atoms with Crippen LogP contribution in [0, 0.1) is 19.3 Å². The van der Waals surface area contributed by atoms with Gasteiger partial charge in [0.1, 0.15) is 5.75 Å². The Morgan fingerprint density at radius 3 is 2.14 bits per heavy atom. The summed E-state index contributed by atoms with van der Waals surface area (Å²) in [6.45, 7) is 14.3. The van der Waals surface area contributed by atoms with E-state index < -0.39 is 5.92 Å². The van der Waals surface area contributed by atoms with Gasteiger partial charge in [-0.1, -0.05) is 75.6 Å². The summed E-state index contributed by atoms with van der Waals surface area (Å²) in [7, 11) is 1.65. The Morgan fingerprint density at radius 2 is 1.56 bits per heavy atom. The van der Waals surface area contributed by atoms with Crippen LogP contribution in [0.3, 0.4) is 0 Å². The number of carbonyl (C=O) groups is 2. The van der Waals surface area contributed by atoms with Crippen LogP contribution in [0.5, 0.6) is 5.75 Å². The highest BCUT2D eigenvalue weighted by atomic mass is 16.5. The van der Waals surface area contributed by atoms with E-state index in [2.05, 4.69) is 33.1 Å².